The van der Waals surface area contributed by atoms with E-state index < -0.39 is 85.3 Å². The van der Waals surface area contributed by atoms with E-state index >= 15 is 0 Å². The number of allylic oxidation sites excluding steroid dienone is 1. The summed E-state index contributed by atoms with van der Waals surface area (Å²) in [7, 11) is -4.62. The molecule has 0 radical (unpaired) electrons. The van der Waals surface area contributed by atoms with Gasteiger partial charge >= 0.3 is 19.5 Å². The zero-order valence-corrected chi connectivity index (χ0v) is 37.6. The van der Waals surface area contributed by atoms with E-state index in [9.17, 15) is 46.1 Å². The molecule has 4 atom stereocenters. The van der Waals surface area contributed by atoms with Crippen LogP contribution in [-0.4, -0.2) is 50.1 Å². The highest BCUT2D eigenvalue weighted by Gasteiger charge is 2.59. The van der Waals surface area contributed by atoms with Crippen LogP contribution in [-0.2, 0) is 31.0 Å². The van der Waals surface area contributed by atoms with E-state index in [1.165, 1.54) is 0 Å². The Hall–Kier alpha value is -4.96. The zero-order chi connectivity index (χ0) is 46.5. The number of aromatic hydroxyl groups is 1. The number of halogens is 6. The third kappa shape index (κ3) is 9.01. The molecule has 3 aliphatic rings. The van der Waals surface area contributed by atoms with Crippen molar-refractivity contribution in [3.8, 4) is 5.75 Å². The number of alkyl halides is 6. The first kappa shape index (κ1) is 47.0. The van der Waals surface area contributed by atoms with Crippen molar-refractivity contribution in [3.05, 3.63) is 136 Å². The Morgan fingerprint density at radius 1 is 0.844 bits per heavy atom. The molecule has 2 heterocycles. The molecule has 7 rings (SSSR count). The van der Waals surface area contributed by atoms with Crippen LogP contribution in [0.4, 0.5) is 32.0 Å². The van der Waals surface area contributed by atoms with Crippen molar-refractivity contribution >= 4 is 49.4 Å². The molecule has 2 fully saturated rings. The molecule has 338 valence electrons. The molecule has 0 aromatic heterocycles. The summed E-state index contributed by atoms with van der Waals surface area (Å²) in [6.45, 7) is 11.9. The van der Waals surface area contributed by atoms with Crippen molar-refractivity contribution < 1.29 is 55.1 Å². The third-order valence-corrected chi connectivity index (χ3v) is 18.1. The number of anilines is 1. The lowest BCUT2D eigenvalue weighted by molar-refractivity contribution is -0.143. The van der Waals surface area contributed by atoms with Gasteiger partial charge in [-0.1, -0.05) is 100 Å². The van der Waals surface area contributed by atoms with Crippen LogP contribution in [0.25, 0.3) is 6.08 Å². The number of hydrogen-bond acceptors (Lipinski definition) is 6. The summed E-state index contributed by atoms with van der Waals surface area (Å²) < 4.78 is 98.2. The van der Waals surface area contributed by atoms with Gasteiger partial charge in [0, 0.05) is 0 Å². The fraction of sp³-hybridized carbons (Fsp3) is 0.388. The second kappa shape index (κ2) is 17.8. The summed E-state index contributed by atoms with van der Waals surface area (Å²) in [6.07, 6.45) is -7.89. The van der Waals surface area contributed by atoms with Gasteiger partial charge in [-0.15, -0.1) is 0 Å². The summed E-state index contributed by atoms with van der Waals surface area (Å²) in [6, 6.07) is 24.3. The number of aryl methyl sites for hydroxylation is 2. The molecule has 2 amide bonds. The van der Waals surface area contributed by atoms with Crippen LogP contribution in [0.15, 0.2) is 108 Å². The van der Waals surface area contributed by atoms with Crippen molar-refractivity contribution in [1.29, 1.82) is 0 Å². The van der Waals surface area contributed by atoms with Crippen LogP contribution in [0, 0.1) is 31.6 Å². The lowest BCUT2D eigenvalue weighted by atomic mass is 9.58. The second-order valence-corrected chi connectivity index (χ2v) is 22.5. The highest BCUT2D eigenvalue weighted by molar-refractivity contribution is 6.99. The Balaban J connectivity index is 1.34. The fourth-order valence-corrected chi connectivity index (χ4v) is 14.7. The topological polar surface area (TPSA) is 96.3 Å². The van der Waals surface area contributed by atoms with Crippen molar-refractivity contribution in [1.82, 2.24) is 0 Å². The molecule has 4 aromatic rings. The highest BCUT2D eigenvalue weighted by Crippen LogP contribution is 2.53. The number of nitrogens with zero attached hydrogens (tertiary/aromatic N) is 1. The van der Waals surface area contributed by atoms with Gasteiger partial charge < -0.3 is 19.2 Å². The van der Waals surface area contributed by atoms with Crippen molar-refractivity contribution in [2.24, 2.45) is 17.8 Å². The maximum atomic E-state index is 14.6. The molecule has 0 spiro atoms. The van der Waals surface area contributed by atoms with E-state index in [4.69, 9.17) is 9.08 Å². The van der Waals surface area contributed by atoms with E-state index in [1.54, 1.807) is 0 Å². The number of hydrogen-bond donors (Lipinski definition) is 2. The number of amides is 2. The second-order valence-electron chi connectivity index (χ2n) is 18.2. The van der Waals surface area contributed by atoms with E-state index in [-0.39, 0.29) is 31.2 Å². The minimum Gasteiger partial charge on any atom is -0.507 e. The monoisotopic (exact) mass is 903 g/mol. The zero-order valence-electron chi connectivity index (χ0n) is 36.6. The van der Waals surface area contributed by atoms with Gasteiger partial charge in [0.25, 0.3) is 8.32 Å². The van der Waals surface area contributed by atoms with Crippen molar-refractivity contribution in [3.63, 3.8) is 0 Å². The number of phenolic OH excluding ortho intramolecular Hbond substituents is 1. The summed E-state index contributed by atoms with van der Waals surface area (Å²) >= 11 is 0. The van der Waals surface area contributed by atoms with Gasteiger partial charge in [0.2, 0.25) is 11.8 Å². The summed E-state index contributed by atoms with van der Waals surface area (Å²) in [4.78, 5) is 29.6. The first-order valence-electron chi connectivity index (χ1n) is 21.5. The van der Waals surface area contributed by atoms with Gasteiger partial charge in [0.05, 0.1) is 41.4 Å². The standard InChI is InChI=1S/C49H52BF6NO6Si/c1-7-31(22-32-20-29(2)44(58)30(3)21-32)18-19-41-42-33(28-62-64(47(4,5)6,37-14-10-8-11-15-37)38-16-12-9-13-17-38)23-39-43(40(42)27-50(61)63-41)46(60)57(45(39)59)36-25-34(48(51,52)53)24-35(26-36)49(54,55)56/h8-17,20-22,24-26,39-41,43,58,61H,7,18-19,23,27-28H2,1-6H3/b31-22+/t39-,40+,41-,43-/m1/s1. The van der Waals surface area contributed by atoms with Gasteiger partial charge in [0.15, 0.2) is 0 Å². The van der Waals surface area contributed by atoms with Crippen LogP contribution in [0.3, 0.4) is 0 Å². The Morgan fingerprint density at radius 2 is 1.39 bits per heavy atom. The summed E-state index contributed by atoms with van der Waals surface area (Å²) in [5.74, 6) is -4.85. The van der Waals surface area contributed by atoms with E-state index in [0.29, 0.717) is 47.4 Å². The molecule has 2 N–H and O–H groups in total. The minimum atomic E-state index is -5.21. The van der Waals surface area contributed by atoms with E-state index in [1.807, 2.05) is 99.6 Å². The highest BCUT2D eigenvalue weighted by atomic mass is 28.4. The number of rotatable bonds is 11. The lowest BCUT2D eigenvalue weighted by Gasteiger charge is -2.46. The molecule has 2 saturated heterocycles. The Labute approximate surface area is 371 Å². The van der Waals surface area contributed by atoms with Gasteiger partial charge in [0.1, 0.15) is 5.75 Å². The molecule has 64 heavy (non-hydrogen) atoms. The number of imide groups is 1. The van der Waals surface area contributed by atoms with E-state index in [0.717, 1.165) is 32.6 Å². The van der Waals surface area contributed by atoms with Gasteiger partial charge in [-0.2, -0.15) is 26.3 Å². The number of benzene rings is 4. The largest absolute Gasteiger partial charge is 0.507 e. The first-order chi connectivity index (χ1) is 30.0. The molecule has 15 heteroatoms. The van der Waals surface area contributed by atoms with Crippen LogP contribution < -0.4 is 15.3 Å². The van der Waals surface area contributed by atoms with Crippen molar-refractivity contribution in [2.75, 3.05) is 11.5 Å². The normalized spacial score (nSPS) is 21.1. The lowest BCUT2D eigenvalue weighted by Crippen LogP contribution is -2.66. The first-order valence-corrected chi connectivity index (χ1v) is 23.4. The molecule has 0 bridgehead atoms. The van der Waals surface area contributed by atoms with Crippen LogP contribution in [0.2, 0.25) is 11.4 Å². The van der Waals surface area contributed by atoms with Gasteiger partial charge in [-0.05, 0) is 125 Å². The van der Waals surface area contributed by atoms with Crippen molar-refractivity contribution in [2.45, 2.75) is 97.0 Å². The third-order valence-electron chi connectivity index (χ3n) is 13.1. The quantitative estimate of drug-likeness (QED) is 0.0674. The van der Waals surface area contributed by atoms with E-state index in [2.05, 4.69) is 20.8 Å². The Bertz CT molecular complexity index is 2370. The Kier molecular flexibility index (Phi) is 13.1. The average Bonchev–Trinajstić information content (AvgIpc) is 3.49. The minimum absolute atomic E-state index is 0.0237. The predicted molar refractivity (Wildman–Crippen MR) is 237 cm³/mol. The summed E-state index contributed by atoms with van der Waals surface area (Å²) in [5, 5.41) is 23.2. The number of carbonyl (C=O) groups excluding carboxylic acids is 2. The van der Waals surface area contributed by atoms with Crippen LogP contribution in [0.1, 0.15) is 81.2 Å². The maximum Gasteiger partial charge on any atom is 0.455 e. The number of fused-ring (bicyclic) bond motifs is 3. The smallest absolute Gasteiger partial charge is 0.455 e. The van der Waals surface area contributed by atoms with Crippen LogP contribution in [0.5, 0.6) is 5.75 Å². The SMILES string of the molecule is CC/C(=C\c1cc(C)c(O)c(C)c1)CC[C@H]1OB(O)C[C@H]2C1=C(CO[Si](c1ccccc1)(c1ccccc1)C(C)(C)C)C[C@H]1C(=O)N(c3cc(C(F)(F)F)cc(C(F)(F)F)c3)C(=O)[C@H]12. The fourth-order valence-electron chi connectivity index (χ4n) is 10.2. The molecule has 4 aromatic carbocycles. The van der Waals surface area contributed by atoms with Crippen LogP contribution >= 0.6 is 0 Å². The van der Waals surface area contributed by atoms with Gasteiger partial charge in [-0.25, -0.2) is 4.90 Å². The molecule has 2 aliphatic heterocycles. The molecule has 1 aliphatic carbocycles. The Morgan fingerprint density at radius 3 is 1.89 bits per heavy atom. The molecule has 0 unspecified atom stereocenters. The maximum absolute atomic E-state index is 14.6. The summed E-state index contributed by atoms with van der Waals surface area (Å²) in [5.41, 5.74) is 0.553. The molecule has 0 saturated carbocycles. The molecular weight excluding hydrogens is 851 g/mol. The molecule has 7 nitrogen and oxygen atoms in total. The van der Waals surface area contributed by atoms with Gasteiger partial charge in [-0.3, -0.25) is 9.59 Å². The predicted octanol–water partition coefficient (Wildman–Crippen LogP) is 10.2. The molecular formula is C49H52BF6NO6Si. The average molecular weight is 904 g/mol. The number of phenols is 1. The number of carbonyl (C=O) groups is 2.